The highest BCUT2D eigenvalue weighted by molar-refractivity contribution is 7.17. The fourth-order valence-electron chi connectivity index (χ4n) is 4.01. The van der Waals surface area contributed by atoms with Gasteiger partial charge in [0.1, 0.15) is 0 Å². The molecule has 10 heteroatoms. The zero-order valence-electron chi connectivity index (χ0n) is 17.1. The summed E-state index contributed by atoms with van der Waals surface area (Å²) in [5, 5.41) is 6.65. The lowest BCUT2D eigenvalue weighted by molar-refractivity contribution is -0.152. The molecule has 0 bridgehead atoms. The van der Waals surface area contributed by atoms with Gasteiger partial charge in [-0.3, -0.25) is 24.5 Å². The van der Waals surface area contributed by atoms with Crippen LogP contribution < -0.4 is 5.32 Å². The summed E-state index contributed by atoms with van der Waals surface area (Å²) < 4.78 is 5.11. The van der Waals surface area contributed by atoms with E-state index < -0.39 is 5.92 Å². The van der Waals surface area contributed by atoms with Crippen molar-refractivity contribution < 1.29 is 23.9 Å². The van der Waals surface area contributed by atoms with Crippen LogP contribution in [0.3, 0.4) is 0 Å². The van der Waals surface area contributed by atoms with Crippen LogP contribution in [0.1, 0.15) is 51.9 Å². The van der Waals surface area contributed by atoms with Gasteiger partial charge >= 0.3 is 5.97 Å². The first kappa shape index (κ1) is 21.6. The first-order valence-corrected chi connectivity index (χ1v) is 12.0. The Bertz CT molecular complexity index is 1000. The van der Waals surface area contributed by atoms with Gasteiger partial charge in [0.15, 0.2) is 10.9 Å². The molecule has 1 saturated heterocycles. The molecule has 2 amide bonds. The normalized spacial score (nSPS) is 20.8. The summed E-state index contributed by atoms with van der Waals surface area (Å²) in [5.41, 5.74) is 1.10. The van der Waals surface area contributed by atoms with E-state index in [1.54, 1.807) is 23.3 Å². The van der Waals surface area contributed by atoms with Gasteiger partial charge in [0.2, 0.25) is 5.91 Å². The Kier molecular flexibility index (Phi) is 6.47. The summed E-state index contributed by atoms with van der Waals surface area (Å²) in [5.74, 6) is -1.61. The average Bonchev–Trinajstić information content (AvgIpc) is 3.43. The number of anilines is 1. The number of ketones is 1. The number of esters is 1. The van der Waals surface area contributed by atoms with Crippen LogP contribution >= 0.6 is 22.7 Å². The number of carbonyl (C=O) groups excluding carboxylic acids is 4. The number of rotatable bonds is 5. The first-order valence-electron chi connectivity index (χ1n) is 10.3. The van der Waals surface area contributed by atoms with E-state index in [2.05, 4.69) is 10.3 Å². The van der Waals surface area contributed by atoms with Crippen LogP contribution in [-0.2, 0) is 20.7 Å². The minimum Gasteiger partial charge on any atom is -0.466 e. The third-order valence-electron chi connectivity index (χ3n) is 5.53. The lowest BCUT2D eigenvalue weighted by Crippen LogP contribution is -2.46. The van der Waals surface area contributed by atoms with E-state index in [1.807, 2.05) is 5.38 Å². The number of hydrogen-bond donors (Lipinski definition) is 1. The van der Waals surface area contributed by atoms with E-state index >= 15 is 0 Å². The minimum absolute atomic E-state index is 0.118. The Morgan fingerprint density at radius 2 is 2.13 bits per heavy atom. The molecule has 3 heterocycles. The van der Waals surface area contributed by atoms with Crippen molar-refractivity contribution in [1.29, 1.82) is 0 Å². The van der Waals surface area contributed by atoms with Gasteiger partial charge in [-0.15, -0.1) is 0 Å². The summed E-state index contributed by atoms with van der Waals surface area (Å²) in [6.45, 7) is 2.98. The molecule has 8 nitrogen and oxygen atoms in total. The Morgan fingerprint density at radius 1 is 1.29 bits per heavy atom. The number of piperidine rings is 1. The van der Waals surface area contributed by atoms with Crippen molar-refractivity contribution in [3.05, 3.63) is 33.0 Å². The smallest absolute Gasteiger partial charge is 0.310 e. The number of likely N-dealkylation sites (tertiary alicyclic amines) is 1. The van der Waals surface area contributed by atoms with Gasteiger partial charge < -0.3 is 9.64 Å². The van der Waals surface area contributed by atoms with Gasteiger partial charge in [-0.1, -0.05) is 11.3 Å². The Balaban J connectivity index is 1.43. The molecule has 31 heavy (non-hydrogen) atoms. The lowest BCUT2D eigenvalue weighted by Gasteiger charge is -2.34. The number of ether oxygens (including phenoxy) is 1. The molecule has 1 aliphatic heterocycles. The number of thiophene rings is 1. The van der Waals surface area contributed by atoms with Crippen LogP contribution in [-0.4, -0.2) is 53.1 Å². The number of aromatic nitrogens is 1. The van der Waals surface area contributed by atoms with E-state index in [1.165, 1.54) is 11.3 Å². The maximum Gasteiger partial charge on any atom is 0.310 e. The molecule has 2 aliphatic rings. The average molecular weight is 462 g/mol. The molecule has 164 valence electrons. The molecule has 1 aliphatic carbocycles. The molecule has 0 radical (unpaired) electrons. The molecule has 0 saturated carbocycles. The van der Waals surface area contributed by atoms with E-state index in [0.29, 0.717) is 53.8 Å². The van der Waals surface area contributed by atoms with Crippen molar-refractivity contribution in [1.82, 2.24) is 9.88 Å². The molecule has 0 aromatic carbocycles. The lowest BCUT2D eigenvalue weighted by atomic mass is 9.87. The fraction of sp³-hybridized carbons (Fsp3) is 0.476. The van der Waals surface area contributed by atoms with Gasteiger partial charge in [-0.25, -0.2) is 4.98 Å². The zero-order valence-corrected chi connectivity index (χ0v) is 18.7. The molecule has 2 unspecified atom stereocenters. The molecule has 2 aromatic heterocycles. The standard InChI is InChI=1S/C21H23N3O5S2/c1-2-29-20(28)12-4-3-6-24(10-12)19(27)14-8-15-17(16(25)9-14)31-21(22-15)23-18(26)13-5-7-30-11-13/h5,7,11-12,14H,2-4,6,8-10H2,1H3,(H,22,23,26). The predicted octanol–water partition coefficient (Wildman–Crippen LogP) is 3.00. The number of nitrogens with one attached hydrogen (secondary N) is 1. The van der Waals surface area contributed by atoms with Crippen LogP contribution in [0.4, 0.5) is 5.13 Å². The van der Waals surface area contributed by atoms with E-state index in [0.717, 1.165) is 17.8 Å². The van der Waals surface area contributed by atoms with Crippen LogP contribution in [0.5, 0.6) is 0 Å². The quantitative estimate of drug-likeness (QED) is 0.686. The van der Waals surface area contributed by atoms with Gasteiger partial charge in [0.25, 0.3) is 5.91 Å². The number of fused-ring (bicyclic) bond motifs is 1. The highest BCUT2D eigenvalue weighted by Gasteiger charge is 2.37. The number of carbonyl (C=O) groups is 4. The maximum absolute atomic E-state index is 13.1. The summed E-state index contributed by atoms with van der Waals surface area (Å²) in [7, 11) is 0. The third kappa shape index (κ3) is 4.69. The summed E-state index contributed by atoms with van der Waals surface area (Å²) in [6, 6.07) is 1.72. The topological polar surface area (TPSA) is 106 Å². The molecule has 4 rings (SSSR count). The van der Waals surface area contributed by atoms with Crippen LogP contribution in [0, 0.1) is 11.8 Å². The van der Waals surface area contributed by atoms with Crippen molar-refractivity contribution in [2.75, 3.05) is 25.0 Å². The second-order valence-corrected chi connectivity index (χ2v) is 9.44. The van der Waals surface area contributed by atoms with E-state index in [4.69, 9.17) is 4.74 Å². The van der Waals surface area contributed by atoms with Gasteiger partial charge in [-0.2, -0.15) is 11.3 Å². The maximum atomic E-state index is 13.1. The van der Waals surface area contributed by atoms with E-state index in [9.17, 15) is 19.2 Å². The molecule has 1 N–H and O–H groups in total. The Morgan fingerprint density at radius 3 is 2.87 bits per heavy atom. The Labute approximate surface area is 187 Å². The second kappa shape index (κ2) is 9.27. The summed E-state index contributed by atoms with van der Waals surface area (Å²) >= 11 is 2.58. The zero-order chi connectivity index (χ0) is 22.0. The largest absolute Gasteiger partial charge is 0.466 e. The second-order valence-electron chi connectivity index (χ2n) is 7.66. The highest BCUT2D eigenvalue weighted by Crippen LogP contribution is 2.34. The van der Waals surface area contributed by atoms with Crippen molar-refractivity contribution in [3.8, 4) is 0 Å². The number of hydrogen-bond acceptors (Lipinski definition) is 8. The van der Waals surface area contributed by atoms with Gasteiger partial charge in [0.05, 0.1) is 34.6 Å². The van der Waals surface area contributed by atoms with Crippen LogP contribution in [0.2, 0.25) is 0 Å². The van der Waals surface area contributed by atoms with E-state index in [-0.39, 0.29) is 35.9 Å². The third-order valence-corrected chi connectivity index (χ3v) is 7.27. The number of amides is 2. The molecular weight excluding hydrogens is 438 g/mol. The fourth-order valence-corrected chi connectivity index (χ4v) is 5.58. The summed E-state index contributed by atoms with van der Waals surface area (Å²) in [4.78, 5) is 56.7. The first-order chi connectivity index (χ1) is 15.0. The van der Waals surface area contributed by atoms with Gasteiger partial charge in [-0.05, 0) is 31.2 Å². The number of Topliss-reactive ketones (excluding diaryl/α,β-unsaturated/α-hetero) is 1. The Hall–Kier alpha value is -2.59. The van der Waals surface area contributed by atoms with Crippen molar-refractivity contribution in [2.24, 2.45) is 11.8 Å². The molecule has 0 spiro atoms. The minimum atomic E-state index is -0.497. The van der Waals surface area contributed by atoms with Crippen molar-refractivity contribution in [3.63, 3.8) is 0 Å². The van der Waals surface area contributed by atoms with Gasteiger partial charge in [0, 0.05) is 31.3 Å². The summed E-state index contributed by atoms with van der Waals surface area (Å²) in [6.07, 6.45) is 1.91. The molecule has 1 fully saturated rings. The van der Waals surface area contributed by atoms with Crippen molar-refractivity contribution >= 4 is 51.4 Å². The SMILES string of the molecule is CCOC(=O)C1CCCN(C(=O)C2CC(=O)c3sc(NC(=O)c4ccsc4)nc3C2)C1. The van der Waals surface area contributed by atoms with Crippen LogP contribution in [0.15, 0.2) is 16.8 Å². The number of nitrogens with zero attached hydrogens (tertiary/aromatic N) is 2. The molecule has 2 aromatic rings. The monoisotopic (exact) mass is 461 g/mol. The van der Waals surface area contributed by atoms with Crippen molar-refractivity contribution in [2.45, 2.75) is 32.6 Å². The highest BCUT2D eigenvalue weighted by atomic mass is 32.1. The molecular formula is C21H23N3O5S2. The molecule has 2 atom stereocenters. The number of thiazole rings is 1. The van der Waals surface area contributed by atoms with Crippen LogP contribution in [0.25, 0.3) is 0 Å². The predicted molar refractivity (Wildman–Crippen MR) is 116 cm³/mol.